The molecule has 0 spiro atoms. The van der Waals surface area contributed by atoms with E-state index in [9.17, 15) is 9.59 Å². The van der Waals surface area contributed by atoms with Crippen LogP contribution < -0.4 is 14.8 Å². The number of para-hydroxylation sites is 1. The Labute approximate surface area is 192 Å². The topological polar surface area (TPSA) is 73.9 Å². The van der Waals surface area contributed by atoms with Crippen LogP contribution in [-0.2, 0) is 9.53 Å². The second-order valence-corrected chi connectivity index (χ2v) is 7.72. The molecular formula is C25H27NO5S. The van der Waals surface area contributed by atoms with Crippen molar-refractivity contribution in [2.75, 3.05) is 25.1 Å². The van der Waals surface area contributed by atoms with E-state index in [2.05, 4.69) is 5.32 Å². The predicted molar refractivity (Wildman–Crippen MR) is 127 cm³/mol. The van der Waals surface area contributed by atoms with E-state index in [1.807, 2.05) is 66.9 Å². The highest BCUT2D eigenvalue weighted by molar-refractivity contribution is 7.15. The molecule has 0 aliphatic heterocycles. The minimum atomic E-state index is -0.458. The van der Waals surface area contributed by atoms with Gasteiger partial charge in [0.1, 0.15) is 22.1 Å². The van der Waals surface area contributed by atoms with Crippen molar-refractivity contribution in [3.8, 4) is 22.6 Å². The van der Waals surface area contributed by atoms with Crippen LogP contribution in [0.2, 0.25) is 0 Å². The summed E-state index contributed by atoms with van der Waals surface area (Å²) in [5.74, 6) is 0.902. The molecule has 32 heavy (non-hydrogen) atoms. The van der Waals surface area contributed by atoms with Crippen molar-refractivity contribution in [3.05, 3.63) is 65.5 Å². The van der Waals surface area contributed by atoms with Crippen LogP contribution in [0.3, 0.4) is 0 Å². The van der Waals surface area contributed by atoms with E-state index >= 15 is 0 Å². The first-order chi connectivity index (χ1) is 15.6. The predicted octanol–water partition coefficient (Wildman–Crippen LogP) is 5.79. The molecule has 0 saturated carbocycles. The van der Waals surface area contributed by atoms with Gasteiger partial charge in [0, 0.05) is 17.4 Å². The first-order valence-corrected chi connectivity index (χ1v) is 11.5. The number of nitrogens with one attached hydrogen (secondary N) is 1. The largest absolute Gasteiger partial charge is 0.494 e. The molecule has 3 aromatic rings. The fraction of sp³-hybridized carbons (Fsp3) is 0.280. The molecule has 1 heterocycles. The number of anilines is 1. The zero-order valence-electron chi connectivity index (χ0n) is 18.3. The quantitative estimate of drug-likeness (QED) is 0.294. The van der Waals surface area contributed by atoms with Gasteiger partial charge in [-0.25, -0.2) is 4.79 Å². The minimum absolute atomic E-state index is 0.174. The second-order valence-electron chi connectivity index (χ2n) is 6.84. The van der Waals surface area contributed by atoms with Crippen LogP contribution in [0.5, 0.6) is 11.5 Å². The third kappa shape index (κ3) is 6.34. The van der Waals surface area contributed by atoms with Gasteiger partial charge in [0.25, 0.3) is 0 Å². The molecule has 7 heteroatoms. The van der Waals surface area contributed by atoms with Gasteiger partial charge >= 0.3 is 5.97 Å². The Kier molecular flexibility index (Phi) is 8.69. The van der Waals surface area contributed by atoms with Crippen molar-refractivity contribution < 1.29 is 23.8 Å². The average Bonchev–Trinajstić information content (AvgIpc) is 3.22. The molecule has 2 aromatic carbocycles. The number of benzene rings is 2. The Morgan fingerprint density at radius 2 is 1.62 bits per heavy atom. The highest BCUT2D eigenvalue weighted by Crippen LogP contribution is 2.37. The Bertz CT molecular complexity index is 1010. The van der Waals surface area contributed by atoms with E-state index in [4.69, 9.17) is 14.2 Å². The summed E-state index contributed by atoms with van der Waals surface area (Å²) in [5, 5.41) is 5.21. The summed E-state index contributed by atoms with van der Waals surface area (Å²) < 4.78 is 16.4. The third-order valence-electron chi connectivity index (χ3n) is 4.56. The van der Waals surface area contributed by atoms with Crippen LogP contribution in [0.4, 0.5) is 5.00 Å². The molecule has 0 bridgehead atoms. The van der Waals surface area contributed by atoms with Gasteiger partial charge in [-0.05, 0) is 50.1 Å². The number of carbonyl (C=O) groups is 2. The molecule has 0 fully saturated rings. The van der Waals surface area contributed by atoms with Crippen molar-refractivity contribution in [1.82, 2.24) is 0 Å². The molecule has 0 radical (unpaired) electrons. The summed E-state index contributed by atoms with van der Waals surface area (Å²) in [5.41, 5.74) is 1.94. The molecule has 1 N–H and O–H groups in total. The summed E-state index contributed by atoms with van der Waals surface area (Å²) in [6, 6.07) is 17.0. The lowest BCUT2D eigenvalue weighted by Crippen LogP contribution is -2.15. The Balaban J connectivity index is 1.67. The van der Waals surface area contributed by atoms with Gasteiger partial charge in [-0.15, -0.1) is 11.3 Å². The smallest absolute Gasteiger partial charge is 0.341 e. The first kappa shape index (κ1) is 23.3. The molecule has 3 rings (SSSR count). The van der Waals surface area contributed by atoms with Crippen molar-refractivity contribution in [1.29, 1.82) is 0 Å². The van der Waals surface area contributed by atoms with Gasteiger partial charge < -0.3 is 19.5 Å². The van der Waals surface area contributed by atoms with Crippen molar-refractivity contribution in [3.63, 3.8) is 0 Å². The van der Waals surface area contributed by atoms with Crippen molar-refractivity contribution in [2.45, 2.75) is 26.7 Å². The highest BCUT2D eigenvalue weighted by Gasteiger charge is 2.22. The average molecular weight is 454 g/mol. The third-order valence-corrected chi connectivity index (χ3v) is 5.46. The number of esters is 1. The SMILES string of the molecule is CCOC(=O)c1c(-c2ccc(OCC)cc2)csc1NC(=O)CCCOc1ccccc1. The number of hydrogen-bond acceptors (Lipinski definition) is 6. The first-order valence-electron chi connectivity index (χ1n) is 10.6. The highest BCUT2D eigenvalue weighted by atomic mass is 32.1. The van der Waals surface area contributed by atoms with E-state index in [-0.39, 0.29) is 18.9 Å². The summed E-state index contributed by atoms with van der Waals surface area (Å²) in [6.45, 7) is 4.95. The summed E-state index contributed by atoms with van der Waals surface area (Å²) in [4.78, 5) is 25.2. The fourth-order valence-corrected chi connectivity index (χ4v) is 4.07. The number of carbonyl (C=O) groups excluding carboxylic acids is 2. The fourth-order valence-electron chi connectivity index (χ4n) is 3.09. The van der Waals surface area contributed by atoms with Crippen LogP contribution in [0.15, 0.2) is 60.0 Å². The number of amides is 1. The van der Waals surface area contributed by atoms with E-state index < -0.39 is 5.97 Å². The maximum atomic E-state index is 12.7. The molecule has 1 amide bonds. The van der Waals surface area contributed by atoms with Crippen LogP contribution in [0, 0.1) is 0 Å². The molecule has 0 saturated heterocycles. The monoisotopic (exact) mass is 453 g/mol. The van der Waals surface area contributed by atoms with Gasteiger partial charge in [0.05, 0.1) is 19.8 Å². The lowest BCUT2D eigenvalue weighted by molar-refractivity contribution is -0.116. The minimum Gasteiger partial charge on any atom is -0.494 e. The maximum Gasteiger partial charge on any atom is 0.341 e. The number of thiophene rings is 1. The van der Waals surface area contributed by atoms with Crippen LogP contribution in [-0.4, -0.2) is 31.7 Å². The normalized spacial score (nSPS) is 10.4. The van der Waals surface area contributed by atoms with Crippen molar-refractivity contribution >= 4 is 28.2 Å². The van der Waals surface area contributed by atoms with Crippen LogP contribution in [0.25, 0.3) is 11.1 Å². The summed E-state index contributed by atoms with van der Waals surface area (Å²) in [6.07, 6.45) is 0.845. The van der Waals surface area contributed by atoms with E-state index in [0.717, 1.165) is 22.6 Å². The van der Waals surface area contributed by atoms with Gasteiger partial charge in [-0.2, -0.15) is 0 Å². The lowest BCUT2D eigenvalue weighted by Gasteiger charge is -2.10. The molecule has 0 unspecified atom stereocenters. The molecule has 168 valence electrons. The Morgan fingerprint density at radius 1 is 0.906 bits per heavy atom. The van der Waals surface area contributed by atoms with Gasteiger partial charge in [-0.1, -0.05) is 30.3 Å². The van der Waals surface area contributed by atoms with E-state index in [0.29, 0.717) is 30.2 Å². The van der Waals surface area contributed by atoms with Gasteiger partial charge in [0.15, 0.2) is 0 Å². The lowest BCUT2D eigenvalue weighted by atomic mass is 10.0. The maximum absolute atomic E-state index is 12.7. The van der Waals surface area contributed by atoms with E-state index in [1.54, 1.807) is 6.92 Å². The van der Waals surface area contributed by atoms with Gasteiger partial charge in [0.2, 0.25) is 5.91 Å². The summed E-state index contributed by atoms with van der Waals surface area (Å²) >= 11 is 1.31. The number of hydrogen-bond donors (Lipinski definition) is 1. The molecule has 1 aromatic heterocycles. The second kappa shape index (κ2) is 11.9. The number of ether oxygens (including phenoxy) is 3. The van der Waals surface area contributed by atoms with Gasteiger partial charge in [-0.3, -0.25) is 4.79 Å². The molecule has 0 aliphatic carbocycles. The Hall–Kier alpha value is -3.32. The van der Waals surface area contributed by atoms with Crippen LogP contribution >= 0.6 is 11.3 Å². The Morgan fingerprint density at radius 3 is 2.31 bits per heavy atom. The van der Waals surface area contributed by atoms with E-state index in [1.165, 1.54) is 11.3 Å². The molecule has 0 atom stereocenters. The van der Waals surface area contributed by atoms with Crippen molar-refractivity contribution in [2.24, 2.45) is 0 Å². The summed E-state index contributed by atoms with van der Waals surface area (Å²) in [7, 11) is 0. The molecular weight excluding hydrogens is 426 g/mol. The zero-order valence-corrected chi connectivity index (χ0v) is 19.1. The standard InChI is InChI=1S/C25H27NO5S/c1-3-29-20-14-12-18(13-15-20)21-17-32-24(23(21)25(28)30-4-2)26-22(27)11-8-16-31-19-9-6-5-7-10-19/h5-7,9-10,12-15,17H,3-4,8,11,16H2,1-2H3,(H,26,27). The van der Waals surface area contributed by atoms with Crippen LogP contribution in [0.1, 0.15) is 37.0 Å². The molecule has 6 nitrogen and oxygen atoms in total. The zero-order chi connectivity index (χ0) is 22.8. The number of rotatable bonds is 11. The molecule has 0 aliphatic rings.